The fourth-order valence-corrected chi connectivity index (χ4v) is 7.10. The lowest BCUT2D eigenvalue weighted by Crippen LogP contribution is -2.00. The van der Waals surface area contributed by atoms with Crippen LogP contribution in [0.4, 0.5) is 0 Å². The Kier molecular flexibility index (Phi) is 6.42. The van der Waals surface area contributed by atoms with Gasteiger partial charge in [0.1, 0.15) is 11.2 Å². The molecule has 0 unspecified atom stereocenters. The van der Waals surface area contributed by atoms with Crippen molar-refractivity contribution in [1.82, 2.24) is 19.5 Å². The van der Waals surface area contributed by atoms with Gasteiger partial charge in [0, 0.05) is 32.8 Å². The monoisotopic (exact) mass is 640 g/mol. The second-order valence-corrected chi connectivity index (χ2v) is 12.4. The van der Waals surface area contributed by atoms with Crippen molar-refractivity contribution in [1.29, 1.82) is 0 Å². The number of benzene rings is 7. The van der Waals surface area contributed by atoms with E-state index in [0.717, 1.165) is 55.4 Å². The lowest BCUT2D eigenvalue weighted by atomic mass is 10.0. The van der Waals surface area contributed by atoms with Crippen LogP contribution in [0.3, 0.4) is 0 Å². The van der Waals surface area contributed by atoms with Crippen molar-refractivity contribution in [3.8, 4) is 51.0 Å². The van der Waals surface area contributed by atoms with E-state index < -0.39 is 0 Å². The molecule has 10 aromatic rings. The number of hydrogen-bond acceptors (Lipinski definition) is 4. The van der Waals surface area contributed by atoms with Gasteiger partial charge in [0.2, 0.25) is 0 Å². The molecule has 3 aromatic heterocycles. The topological polar surface area (TPSA) is 56.7 Å². The lowest BCUT2D eigenvalue weighted by Gasteiger charge is -2.10. The summed E-state index contributed by atoms with van der Waals surface area (Å²) < 4.78 is 8.90. The molecule has 0 saturated carbocycles. The third-order valence-corrected chi connectivity index (χ3v) is 9.47. The standard InChI is InChI=1S/C45H28N4O/c1-3-12-30(13-4-1)43-46-44(31-14-5-2-6-15-31)48-45(47-43)32-24-22-29(23-25-32)33-26-27-36-41(28-33)50-40-21-11-20-39(42(36)40)49-37-18-9-7-16-34(37)35-17-8-10-19-38(35)49/h1-28H. The van der Waals surface area contributed by atoms with Crippen molar-refractivity contribution in [2.45, 2.75) is 0 Å². The van der Waals surface area contributed by atoms with E-state index in [1.807, 2.05) is 60.7 Å². The zero-order valence-corrected chi connectivity index (χ0v) is 26.9. The highest BCUT2D eigenvalue weighted by Crippen LogP contribution is 2.39. The smallest absolute Gasteiger partial charge is 0.164 e. The maximum absolute atomic E-state index is 6.54. The zero-order chi connectivity index (χ0) is 33.0. The maximum Gasteiger partial charge on any atom is 0.164 e. The summed E-state index contributed by atoms with van der Waals surface area (Å²) in [5.41, 5.74) is 10.2. The molecular formula is C45H28N4O. The van der Waals surface area contributed by atoms with E-state index in [1.54, 1.807) is 0 Å². The van der Waals surface area contributed by atoms with Crippen molar-refractivity contribution in [2.75, 3.05) is 0 Å². The average Bonchev–Trinajstić information content (AvgIpc) is 3.74. The van der Waals surface area contributed by atoms with E-state index in [9.17, 15) is 0 Å². The molecule has 5 nitrogen and oxygen atoms in total. The summed E-state index contributed by atoms with van der Waals surface area (Å²) >= 11 is 0. The minimum atomic E-state index is 0.634. The molecule has 0 bridgehead atoms. The fourth-order valence-electron chi connectivity index (χ4n) is 7.10. The van der Waals surface area contributed by atoms with Gasteiger partial charge in [-0.05, 0) is 47.5 Å². The van der Waals surface area contributed by atoms with E-state index in [0.29, 0.717) is 17.5 Å². The van der Waals surface area contributed by atoms with Gasteiger partial charge in [0.15, 0.2) is 17.5 Å². The first-order valence-electron chi connectivity index (χ1n) is 16.7. The molecule has 3 heterocycles. The maximum atomic E-state index is 6.54. The van der Waals surface area contributed by atoms with Crippen LogP contribution in [0, 0.1) is 0 Å². The van der Waals surface area contributed by atoms with Crippen LogP contribution < -0.4 is 0 Å². The predicted octanol–water partition coefficient (Wildman–Crippen LogP) is 11.5. The number of aromatic nitrogens is 4. The molecule has 0 saturated heterocycles. The molecule has 50 heavy (non-hydrogen) atoms. The van der Waals surface area contributed by atoms with Gasteiger partial charge in [0.25, 0.3) is 0 Å². The van der Waals surface area contributed by atoms with Crippen LogP contribution >= 0.6 is 0 Å². The van der Waals surface area contributed by atoms with Crippen molar-refractivity contribution < 1.29 is 4.42 Å². The highest BCUT2D eigenvalue weighted by Gasteiger charge is 2.18. The molecule has 0 spiro atoms. The highest BCUT2D eigenvalue weighted by molar-refractivity contribution is 6.14. The molecule has 0 aliphatic rings. The minimum Gasteiger partial charge on any atom is -0.456 e. The summed E-state index contributed by atoms with van der Waals surface area (Å²) in [5, 5.41) is 4.67. The molecule has 0 atom stereocenters. The molecular weight excluding hydrogens is 613 g/mol. The number of hydrogen-bond donors (Lipinski definition) is 0. The van der Waals surface area contributed by atoms with Gasteiger partial charge in [0.05, 0.1) is 22.1 Å². The molecule has 0 radical (unpaired) electrons. The SMILES string of the molecule is c1ccc(-c2nc(-c3ccccc3)nc(-c3ccc(-c4ccc5c(c4)oc4cccc(-n6c7ccccc7c7ccccc76)c45)cc3)n2)cc1. The predicted molar refractivity (Wildman–Crippen MR) is 203 cm³/mol. The molecule has 0 N–H and O–H groups in total. The summed E-state index contributed by atoms with van der Waals surface area (Å²) in [6, 6.07) is 58.5. The van der Waals surface area contributed by atoms with Gasteiger partial charge in [-0.1, -0.05) is 133 Å². The Morgan fingerprint density at radius 3 is 1.46 bits per heavy atom. The van der Waals surface area contributed by atoms with Gasteiger partial charge in [-0.15, -0.1) is 0 Å². The van der Waals surface area contributed by atoms with Crippen LogP contribution in [-0.4, -0.2) is 19.5 Å². The number of furan rings is 1. The average molecular weight is 641 g/mol. The Morgan fingerprint density at radius 2 is 0.860 bits per heavy atom. The molecule has 5 heteroatoms. The van der Waals surface area contributed by atoms with Gasteiger partial charge < -0.3 is 8.98 Å². The summed E-state index contributed by atoms with van der Waals surface area (Å²) in [5.74, 6) is 1.93. The summed E-state index contributed by atoms with van der Waals surface area (Å²) in [7, 11) is 0. The van der Waals surface area contributed by atoms with Gasteiger partial charge in [-0.25, -0.2) is 15.0 Å². The Balaban J connectivity index is 1.06. The Hall–Kier alpha value is -6.85. The third-order valence-electron chi connectivity index (χ3n) is 9.47. The number of fused-ring (bicyclic) bond motifs is 6. The molecule has 0 aliphatic carbocycles. The van der Waals surface area contributed by atoms with Crippen LogP contribution in [0.1, 0.15) is 0 Å². The number of rotatable bonds is 5. The van der Waals surface area contributed by atoms with E-state index in [1.165, 1.54) is 21.8 Å². The van der Waals surface area contributed by atoms with Gasteiger partial charge >= 0.3 is 0 Å². The molecule has 7 aromatic carbocycles. The van der Waals surface area contributed by atoms with Crippen LogP contribution in [0.15, 0.2) is 174 Å². The van der Waals surface area contributed by atoms with Crippen LogP contribution in [0.25, 0.3) is 94.7 Å². The van der Waals surface area contributed by atoms with Gasteiger partial charge in [-0.2, -0.15) is 0 Å². The Morgan fingerprint density at radius 1 is 0.360 bits per heavy atom. The highest BCUT2D eigenvalue weighted by atomic mass is 16.3. The minimum absolute atomic E-state index is 0.634. The van der Waals surface area contributed by atoms with Crippen LogP contribution in [0.5, 0.6) is 0 Å². The van der Waals surface area contributed by atoms with Crippen molar-refractivity contribution in [2.24, 2.45) is 0 Å². The normalized spacial score (nSPS) is 11.6. The first-order chi connectivity index (χ1) is 24.8. The Labute approximate surface area is 287 Å². The first kappa shape index (κ1) is 28.2. The second kappa shape index (κ2) is 11.4. The summed E-state index contributed by atoms with van der Waals surface area (Å²) in [4.78, 5) is 14.6. The first-order valence-corrected chi connectivity index (χ1v) is 16.7. The molecule has 0 aliphatic heterocycles. The van der Waals surface area contributed by atoms with Crippen molar-refractivity contribution in [3.05, 3.63) is 170 Å². The molecule has 234 valence electrons. The molecule has 0 amide bonds. The lowest BCUT2D eigenvalue weighted by molar-refractivity contribution is 0.669. The second-order valence-electron chi connectivity index (χ2n) is 12.4. The quantitative estimate of drug-likeness (QED) is 0.188. The summed E-state index contributed by atoms with van der Waals surface area (Å²) in [6.45, 7) is 0. The van der Waals surface area contributed by atoms with Crippen LogP contribution in [-0.2, 0) is 0 Å². The van der Waals surface area contributed by atoms with E-state index in [2.05, 4.69) is 114 Å². The van der Waals surface area contributed by atoms with Crippen LogP contribution in [0.2, 0.25) is 0 Å². The van der Waals surface area contributed by atoms with Gasteiger partial charge in [-0.3, -0.25) is 0 Å². The largest absolute Gasteiger partial charge is 0.456 e. The van der Waals surface area contributed by atoms with Crippen molar-refractivity contribution >= 4 is 43.7 Å². The van der Waals surface area contributed by atoms with Crippen molar-refractivity contribution in [3.63, 3.8) is 0 Å². The van der Waals surface area contributed by atoms with E-state index in [4.69, 9.17) is 19.4 Å². The summed E-state index contributed by atoms with van der Waals surface area (Å²) in [6.07, 6.45) is 0. The van der Waals surface area contributed by atoms with E-state index in [-0.39, 0.29) is 0 Å². The Bertz CT molecular complexity index is 2740. The zero-order valence-electron chi connectivity index (χ0n) is 26.9. The number of nitrogens with zero attached hydrogens (tertiary/aromatic N) is 4. The molecule has 0 fully saturated rings. The molecule has 10 rings (SSSR count). The number of para-hydroxylation sites is 2. The van der Waals surface area contributed by atoms with E-state index >= 15 is 0 Å². The third kappa shape index (κ3) is 4.60. The fraction of sp³-hybridized carbons (Fsp3) is 0.